The fraction of sp³-hybridized carbons (Fsp3) is 0.333. The van der Waals surface area contributed by atoms with Crippen LogP contribution in [0.4, 0.5) is 5.13 Å². The van der Waals surface area contributed by atoms with Crippen LogP contribution >= 0.6 is 11.3 Å². The van der Waals surface area contributed by atoms with E-state index in [1.807, 2.05) is 25.1 Å². The number of aromatic hydroxyl groups is 1. The molecule has 0 aliphatic carbocycles. The smallest absolute Gasteiger partial charge is 0.205 e. The van der Waals surface area contributed by atoms with Crippen molar-refractivity contribution in [3.63, 3.8) is 0 Å². The summed E-state index contributed by atoms with van der Waals surface area (Å²) in [5, 5.41) is 22.9. The third-order valence-electron chi connectivity index (χ3n) is 2.52. The summed E-state index contributed by atoms with van der Waals surface area (Å²) in [6.07, 6.45) is 0.898. The number of aromatic nitrogens is 2. The maximum Gasteiger partial charge on any atom is 0.205 e. The molecule has 5 heteroatoms. The quantitative estimate of drug-likeness (QED) is 0.874. The van der Waals surface area contributed by atoms with E-state index in [0.29, 0.717) is 12.3 Å². The third kappa shape index (κ3) is 2.74. The van der Waals surface area contributed by atoms with E-state index in [-0.39, 0.29) is 0 Å². The second-order valence-corrected chi connectivity index (χ2v) is 4.85. The van der Waals surface area contributed by atoms with Gasteiger partial charge in [0.25, 0.3) is 0 Å². The standard InChI is InChI=1S/C12H15N3OS/c1-3-10-14-15-12(17-10)13-7-9-6-4-5-8(2)11(9)16/h4-6,16H,3,7H2,1-2H3,(H,13,15). The van der Waals surface area contributed by atoms with Crippen LogP contribution in [0.5, 0.6) is 5.75 Å². The first kappa shape index (κ1) is 11.9. The third-order valence-corrected chi connectivity index (χ3v) is 3.55. The minimum atomic E-state index is 0.347. The van der Waals surface area contributed by atoms with Crippen LogP contribution in [0.3, 0.4) is 0 Å². The summed E-state index contributed by atoms with van der Waals surface area (Å²) < 4.78 is 0. The van der Waals surface area contributed by atoms with Gasteiger partial charge in [-0.05, 0) is 18.9 Å². The highest BCUT2D eigenvalue weighted by Crippen LogP contribution is 2.23. The molecular weight excluding hydrogens is 234 g/mol. The van der Waals surface area contributed by atoms with E-state index in [1.54, 1.807) is 11.3 Å². The van der Waals surface area contributed by atoms with Crippen molar-refractivity contribution in [1.82, 2.24) is 10.2 Å². The Hall–Kier alpha value is -1.62. The number of benzene rings is 1. The molecule has 17 heavy (non-hydrogen) atoms. The lowest BCUT2D eigenvalue weighted by Gasteiger charge is -2.06. The molecule has 1 aromatic carbocycles. The van der Waals surface area contributed by atoms with Crippen LogP contribution in [0, 0.1) is 6.92 Å². The van der Waals surface area contributed by atoms with Gasteiger partial charge in [-0.1, -0.05) is 36.5 Å². The first-order valence-corrected chi connectivity index (χ1v) is 6.36. The number of hydrogen-bond acceptors (Lipinski definition) is 5. The first-order valence-electron chi connectivity index (χ1n) is 5.54. The predicted octanol–water partition coefficient (Wildman–Crippen LogP) is 2.73. The van der Waals surface area contributed by atoms with Crippen molar-refractivity contribution in [2.75, 3.05) is 5.32 Å². The maximum atomic E-state index is 9.85. The topological polar surface area (TPSA) is 58.0 Å². The zero-order valence-corrected chi connectivity index (χ0v) is 10.7. The summed E-state index contributed by atoms with van der Waals surface area (Å²) in [7, 11) is 0. The number of rotatable bonds is 4. The largest absolute Gasteiger partial charge is 0.507 e. The van der Waals surface area contributed by atoms with Gasteiger partial charge in [0, 0.05) is 12.1 Å². The van der Waals surface area contributed by atoms with Crippen molar-refractivity contribution in [2.45, 2.75) is 26.8 Å². The van der Waals surface area contributed by atoms with Crippen molar-refractivity contribution in [3.8, 4) is 5.75 Å². The average molecular weight is 249 g/mol. The number of phenols is 1. The summed E-state index contributed by atoms with van der Waals surface area (Å²) in [6.45, 7) is 4.50. The first-order chi connectivity index (χ1) is 8.20. The molecule has 90 valence electrons. The number of phenolic OH excluding ortho intramolecular Hbond substituents is 1. The highest BCUT2D eigenvalue weighted by molar-refractivity contribution is 7.15. The van der Waals surface area contributed by atoms with Crippen molar-refractivity contribution < 1.29 is 5.11 Å². The van der Waals surface area contributed by atoms with E-state index >= 15 is 0 Å². The summed E-state index contributed by atoms with van der Waals surface area (Å²) in [6, 6.07) is 5.72. The normalized spacial score (nSPS) is 10.5. The zero-order chi connectivity index (χ0) is 12.3. The molecule has 0 amide bonds. The van der Waals surface area contributed by atoms with Gasteiger partial charge in [-0.3, -0.25) is 0 Å². The Morgan fingerprint density at radius 2 is 2.18 bits per heavy atom. The van der Waals surface area contributed by atoms with Crippen molar-refractivity contribution in [3.05, 3.63) is 34.3 Å². The number of anilines is 1. The number of para-hydroxylation sites is 1. The highest BCUT2D eigenvalue weighted by Gasteiger charge is 2.05. The van der Waals surface area contributed by atoms with E-state index in [0.717, 1.165) is 27.7 Å². The summed E-state index contributed by atoms with van der Waals surface area (Å²) in [4.78, 5) is 0. The minimum Gasteiger partial charge on any atom is -0.507 e. The molecule has 4 nitrogen and oxygen atoms in total. The zero-order valence-electron chi connectivity index (χ0n) is 9.90. The van der Waals surface area contributed by atoms with Crippen LogP contribution in [0.15, 0.2) is 18.2 Å². The van der Waals surface area contributed by atoms with Gasteiger partial charge in [0.05, 0.1) is 0 Å². The minimum absolute atomic E-state index is 0.347. The lowest BCUT2D eigenvalue weighted by molar-refractivity contribution is 0.465. The monoisotopic (exact) mass is 249 g/mol. The van der Waals surface area contributed by atoms with Crippen LogP contribution < -0.4 is 5.32 Å². The molecule has 0 aliphatic heterocycles. The fourth-order valence-electron chi connectivity index (χ4n) is 1.50. The lowest BCUT2D eigenvalue weighted by atomic mass is 10.1. The van der Waals surface area contributed by atoms with Crippen LogP contribution in [-0.4, -0.2) is 15.3 Å². The molecule has 2 rings (SSSR count). The van der Waals surface area contributed by atoms with Crippen LogP contribution in [0.2, 0.25) is 0 Å². The molecule has 0 aliphatic rings. The van der Waals surface area contributed by atoms with Gasteiger partial charge in [-0.15, -0.1) is 10.2 Å². The van der Waals surface area contributed by atoms with Gasteiger partial charge < -0.3 is 10.4 Å². The van der Waals surface area contributed by atoms with Crippen molar-refractivity contribution in [1.29, 1.82) is 0 Å². The summed E-state index contributed by atoms with van der Waals surface area (Å²) in [5.41, 5.74) is 1.76. The average Bonchev–Trinajstić information content (AvgIpc) is 2.79. The molecule has 2 N–H and O–H groups in total. The Morgan fingerprint density at radius 3 is 2.88 bits per heavy atom. The molecule has 2 aromatic rings. The highest BCUT2D eigenvalue weighted by atomic mass is 32.1. The van der Waals surface area contributed by atoms with Crippen LogP contribution in [0.1, 0.15) is 23.1 Å². The van der Waals surface area contributed by atoms with Crippen LogP contribution in [-0.2, 0) is 13.0 Å². The number of aryl methyl sites for hydroxylation is 2. The molecule has 1 heterocycles. The molecular formula is C12H15N3OS. The van der Waals surface area contributed by atoms with E-state index in [9.17, 15) is 5.11 Å². The molecule has 0 atom stereocenters. The van der Waals surface area contributed by atoms with E-state index in [4.69, 9.17) is 0 Å². The van der Waals surface area contributed by atoms with Gasteiger partial charge in [-0.2, -0.15) is 0 Å². The van der Waals surface area contributed by atoms with Crippen molar-refractivity contribution in [2.24, 2.45) is 0 Å². The Kier molecular flexibility index (Phi) is 3.58. The predicted molar refractivity (Wildman–Crippen MR) is 69.5 cm³/mol. The number of nitrogens with zero attached hydrogens (tertiary/aromatic N) is 2. The molecule has 0 saturated heterocycles. The van der Waals surface area contributed by atoms with Gasteiger partial charge >= 0.3 is 0 Å². The Balaban J connectivity index is 2.04. The summed E-state index contributed by atoms with van der Waals surface area (Å²) in [5.74, 6) is 0.347. The van der Waals surface area contributed by atoms with E-state index < -0.39 is 0 Å². The van der Waals surface area contributed by atoms with Gasteiger partial charge in [0.2, 0.25) is 5.13 Å². The molecule has 1 aromatic heterocycles. The molecule has 0 fully saturated rings. The fourth-order valence-corrected chi connectivity index (χ4v) is 2.18. The van der Waals surface area contributed by atoms with E-state index in [2.05, 4.69) is 22.4 Å². The molecule has 0 radical (unpaired) electrons. The molecule has 0 unspecified atom stereocenters. The van der Waals surface area contributed by atoms with E-state index in [1.165, 1.54) is 0 Å². The second-order valence-electron chi connectivity index (χ2n) is 3.79. The van der Waals surface area contributed by atoms with Crippen LogP contribution in [0.25, 0.3) is 0 Å². The molecule has 0 bridgehead atoms. The Bertz CT molecular complexity index is 510. The Labute approximate surface area is 104 Å². The second kappa shape index (κ2) is 5.14. The Morgan fingerprint density at radius 1 is 1.35 bits per heavy atom. The van der Waals surface area contributed by atoms with Crippen molar-refractivity contribution >= 4 is 16.5 Å². The number of nitrogens with one attached hydrogen (secondary N) is 1. The molecule has 0 saturated carbocycles. The van der Waals surface area contributed by atoms with Gasteiger partial charge in [0.15, 0.2) is 0 Å². The SMILES string of the molecule is CCc1nnc(NCc2cccc(C)c2O)s1. The number of hydrogen-bond donors (Lipinski definition) is 2. The maximum absolute atomic E-state index is 9.85. The van der Waals surface area contributed by atoms with Gasteiger partial charge in [-0.25, -0.2) is 0 Å². The molecule has 0 spiro atoms. The van der Waals surface area contributed by atoms with Gasteiger partial charge in [0.1, 0.15) is 10.8 Å². The summed E-state index contributed by atoms with van der Waals surface area (Å²) >= 11 is 1.55. The lowest BCUT2D eigenvalue weighted by Crippen LogP contribution is -1.99.